The molecule has 0 fully saturated rings. The van der Waals surface area contributed by atoms with E-state index in [1.807, 2.05) is 48.9 Å². The van der Waals surface area contributed by atoms with Gasteiger partial charge in [0.2, 0.25) is 11.4 Å². The van der Waals surface area contributed by atoms with Crippen molar-refractivity contribution in [1.29, 1.82) is 0 Å². The van der Waals surface area contributed by atoms with Gasteiger partial charge >= 0.3 is 0 Å². The van der Waals surface area contributed by atoms with Gasteiger partial charge in [-0.2, -0.15) is 0 Å². The quantitative estimate of drug-likeness (QED) is 0.269. The summed E-state index contributed by atoms with van der Waals surface area (Å²) in [6.07, 6.45) is 3.34. The van der Waals surface area contributed by atoms with Crippen molar-refractivity contribution in [2.45, 2.75) is 20.6 Å². The Morgan fingerprint density at radius 2 is 1.70 bits per heavy atom. The minimum atomic E-state index is -2.38. The van der Waals surface area contributed by atoms with E-state index in [1.54, 1.807) is 24.5 Å². The predicted octanol–water partition coefficient (Wildman–Crippen LogP) is 7.22. The van der Waals surface area contributed by atoms with Crippen molar-refractivity contribution in [2.75, 3.05) is 0 Å². The highest BCUT2D eigenvalue weighted by atomic mass is 16.3. The van der Waals surface area contributed by atoms with Crippen LogP contribution in [0.3, 0.4) is 0 Å². The highest BCUT2D eigenvalue weighted by Crippen LogP contribution is 2.42. The van der Waals surface area contributed by atoms with Gasteiger partial charge < -0.3 is 4.42 Å². The molecule has 0 atom stereocenters. The van der Waals surface area contributed by atoms with E-state index in [1.165, 1.54) is 12.1 Å². The van der Waals surface area contributed by atoms with E-state index in [4.69, 9.17) is 12.6 Å². The summed E-state index contributed by atoms with van der Waals surface area (Å²) in [5, 5.41) is 3.99. The van der Waals surface area contributed by atoms with Crippen molar-refractivity contribution in [3.05, 3.63) is 95.8 Å². The Morgan fingerprint density at radius 1 is 0.909 bits per heavy atom. The Kier molecular flexibility index (Phi) is 3.14. The number of nitrogens with zero attached hydrogens (tertiary/aromatic N) is 2. The van der Waals surface area contributed by atoms with Gasteiger partial charge in [-0.3, -0.25) is 0 Å². The summed E-state index contributed by atoms with van der Waals surface area (Å²) in [5.74, 6) is 0. The first-order valence-electron chi connectivity index (χ1n) is 13.8. The second kappa shape index (κ2) is 7.28. The molecular formula is C30H25N2O+. The van der Waals surface area contributed by atoms with Gasteiger partial charge in [0, 0.05) is 36.8 Å². The molecule has 3 aromatic heterocycles. The van der Waals surface area contributed by atoms with Gasteiger partial charge in [0.15, 0.2) is 11.8 Å². The minimum Gasteiger partial charge on any atom is -0.437 e. The predicted molar refractivity (Wildman–Crippen MR) is 135 cm³/mol. The molecule has 3 nitrogen and oxygen atoms in total. The Balaban J connectivity index is 1.71. The molecule has 0 aliphatic rings. The Morgan fingerprint density at radius 3 is 2.48 bits per heavy atom. The molecule has 33 heavy (non-hydrogen) atoms. The third kappa shape index (κ3) is 2.96. The van der Waals surface area contributed by atoms with Crippen molar-refractivity contribution in [1.82, 2.24) is 4.98 Å². The normalized spacial score (nSPS) is 15.1. The van der Waals surface area contributed by atoms with E-state index in [0.29, 0.717) is 22.4 Å². The van der Waals surface area contributed by atoms with Crippen molar-refractivity contribution in [3.63, 3.8) is 0 Å². The number of pyridine rings is 2. The molecule has 3 aromatic carbocycles. The number of hydrogen-bond acceptors (Lipinski definition) is 2. The monoisotopic (exact) mass is 435 g/mol. The minimum absolute atomic E-state index is 0.177. The van der Waals surface area contributed by atoms with Gasteiger partial charge in [-0.05, 0) is 60.2 Å². The standard InChI is InChI=1S/C30H25N2O/c1-18-11-13-21(14-12-18)25-16-26(32(4)17-19(25)2)27-20(3)22-8-5-6-9-23(22)28-24-10-7-15-31-30(24)33-29(27)28/h5-17H,1-4H3/q+1/i1D3,2D3. The summed E-state index contributed by atoms with van der Waals surface area (Å²) in [4.78, 5) is 4.46. The number of rotatable bonds is 2. The molecule has 3 heterocycles. The Labute approximate surface area is 201 Å². The van der Waals surface area contributed by atoms with Crippen molar-refractivity contribution in [2.24, 2.45) is 7.05 Å². The van der Waals surface area contributed by atoms with Gasteiger partial charge in [-0.25, -0.2) is 9.55 Å². The van der Waals surface area contributed by atoms with E-state index < -0.39 is 13.7 Å². The number of hydrogen-bond donors (Lipinski definition) is 0. The molecular weight excluding hydrogens is 404 g/mol. The second-order valence-electron chi connectivity index (χ2n) is 8.38. The zero-order valence-corrected chi connectivity index (χ0v) is 18.3. The molecule has 0 saturated carbocycles. The van der Waals surface area contributed by atoms with Crippen LogP contribution >= 0.6 is 0 Å². The van der Waals surface area contributed by atoms with Crippen LogP contribution in [0.4, 0.5) is 0 Å². The number of furan rings is 1. The van der Waals surface area contributed by atoms with Crippen LogP contribution in [0.25, 0.3) is 55.2 Å². The zero-order valence-electron chi connectivity index (χ0n) is 24.3. The lowest BCUT2D eigenvalue weighted by molar-refractivity contribution is -0.660. The molecule has 0 bridgehead atoms. The molecule has 6 aromatic rings. The highest BCUT2D eigenvalue weighted by Gasteiger charge is 2.25. The number of fused-ring (bicyclic) bond motifs is 5. The topological polar surface area (TPSA) is 29.9 Å². The Hall–Kier alpha value is -3.98. The van der Waals surface area contributed by atoms with Crippen LogP contribution in [0.15, 0.2) is 83.5 Å². The van der Waals surface area contributed by atoms with Gasteiger partial charge in [0.1, 0.15) is 7.05 Å². The SMILES string of the molecule is [2H]C([2H])([2H])c1ccc(-c2cc(-c3c(C)c4ccccc4c4c3oc3ncccc34)[n+](C)cc2C([2H])([2H])[2H])cc1. The van der Waals surface area contributed by atoms with Crippen LogP contribution in [0.1, 0.15) is 24.9 Å². The molecule has 0 saturated heterocycles. The molecule has 0 unspecified atom stereocenters. The summed E-state index contributed by atoms with van der Waals surface area (Å²) in [6.45, 7) is -2.59. The lowest BCUT2D eigenvalue weighted by atomic mass is 9.91. The first-order valence-corrected chi connectivity index (χ1v) is 10.8. The second-order valence-corrected chi connectivity index (χ2v) is 8.38. The largest absolute Gasteiger partial charge is 0.437 e. The average molecular weight is 436 g/mol. The van der Waals surface area contributed by atoms with Crippen LogP contribution < -0.4 is 4.57 Å². The van der Waals surface area contributed by atoms with E-state index in [0.717, 1.165) is 38.4 Å². The van der Waals surface area contributed by atoms with E-state index in [2.05, 4.69) is 17.1 Å². The molecule has 0 aliphatic carbocycles. The first kappa shape index (κ1) is 14.2. The van der Waals surface area contributed by atoms with Crippen molar-refractivity contribution < 1.29 is 17.2 Å². The average Bonchev–Trinajstić information content (AvgIpc) is 3.28. The molecule has 0 N–H and O–H groups in total. The Bertz CT molecular complexity index is 1900. The van der Waals surface area contributed by atoms with Gasteiger partial charge in [-0.1, -0.05) is 54.1 Å². The maximum atomic E-state index is 8.23. The van der Waals surface area contributed by atoms with Gasteiger partial charge in [0.05, 0.1) is 5.56 Å². The van der Waals surface area contributed by atoms with Gasteiger partial charge in [0.25, 0.3) is 0 Å². The van der Waals surface area contributed by atoms with Crippen LogP contribution in [0.2, 0.25) is 0 Å². The highest BCUT2D eigenvalue weighted by molar-refractivity contribution is 6.22. The maximum absolute atomic E-state index is 8.23. The van der Waals surface area contributed by atoms with Crippen LogP contribution in [-0.4, -0.2) is 4.98 Å². The fraction of sp³-hybridized carbons (Fsp3) is 0.133. The number of aryl methyl sites for hydroxylation is 4. The maximum Gasteiger partial charge on any atom is 0.227 e. The summed E-state index contributed by atoms with van der Waals surface area (Å²) in [5.41, 5.74) is 5.34. The third-order valence-corrected chi connectivity index (χ3v) is 6.39. The zero-order chi connectivity index (χ0) is 27.7. The van der Waals surface area contributed by atoms with Crippen LogP contribution in [-0.2, 0) is 7.05 Å². The van der Waals surface area contributed by atoms with Gasteiger partial charge in [-0.15, -0.1) is 0 Å². The summed E-state index contributed by atoms with van der Waals surface area (Å²) in [7, 11) is 1.83. The third-order valence-electron chi connectivity index (χ3n) is 6.39. The molecule has 3 heteroatoms. The number of benzene rings is 3. The molecule has 0 radical (unpaired) electrons. The summed E-state index contributed by atoms with van der Waals surface area (Å²) >= 11 is 0. The first-order chi connectivity index (χ1) is 18.4. The molecule has 6 rings (SSSR count). The molecule has 0 aliphatic heterocycles. The fourth-order valence-electron chi connectivity index (χ4n) is 4.80. The van der Waals surface area contributed by atoms with E-state index in [9.17, 15) is 0 Å². The molecule has 160 valence electrons. The fourth-order valence-corrected chi connectivity index (χ4v) is 4.80. The van der Waals surface area contributed by atoms with Crippen LogP contribution in [0.5, 0.6) is 0 Å². The van der Waals surface area contributed by atoms with Crippen molar-refractivity contribution in [3.8, 4) is 22.4 Å². The van der Waals surface area contributed by atoms with E-state index >= 15 is 0 Å². The lowest BCUT2D eigenvalue weighted by Crippen LogP contribution is -2.31. The van der Waals surface area contributed by atoms with Crippen molar-refractivity contribution >= 4 is 32.8 Å². The number of aromatic nitrogens is 2. The summed E-state index contributed by atoms with van der Waals surface area (Å²) in [6, 6.07) is 20.3. The smallest absolute Gasteiger partial charge is 0.227 e. The summed E-state index contributed by atoms with van der Waals surface area (Å²) < 4.78 is 56.0. The molecule has 0 amide bonds. The lowest BCUT2D eigenvalue weighted by Gasteiger charge is -2.13. The van der Waals surface area contributed by atoms with E-state index in [-0.39, 0.29) is 11.1 Å². The molecule has 0 spiro atoms. The van der Waals surface area contributed by atoms with Crippen LogP contribution in [0, 0.1) is 20.6 Å².